The SMILES string of the molecule is Cc1ccc2cc(C#N)[nH]c2c1. The molecule has 2 heteroatoms. The quantitative estimate of drug-likeness (QED) is 0.624. The Kier molecular flexibility index (Phi) is 1.38. The molecule has 2 rings (SSSR count). The van der Waals surface area contributed by atoms with Gasteiger partial charge in [-0.3, -0.25) is 0 Å². The zero-order valence-electron chi connectivity index (χ0n) is 6.76. The van der Waals surface area contributed by atoms with Gasteiger partial charge in [0.15, 0.2) is 0 Å². The van der Waals surface area contributed by atoms with Crippen LogP contribution in [0.15, 0.2) is 24.3 Å². The molecule has 1 aromatic heterocycles. The molecule has 0 fully saturated rings. The number of aromatic amines is 1. The number of rotatable bonds is 0. The smallest absolute Gasteiger partial charge is 0.118 e. The number of aromatic nitrogens is 1. The second-order valence-electron chi connectivity index (χ2n) is 2.89. The highest BCUT2D eigenvalue weighted by molar-refractivity contribution is 5.81. The summed E-state index contributed by atoms with van der Waals surface area (Å²) in [6, 6.07) is 10.0. The molecule has 0 aliphatic heterocycles. The van der Waals surface area contributed by atoms with E-state index in [4.69, 9.17) is 5.26 Å². The molecular weight excluding hydrogens is 148 g/mol. The first kappa shape index (κ1) is 6.93. The van der Waals surface area contributed by atoms with Gasteiger partial charge in [-0.15, -0.1) is 0 Å². The van der Waals surface area contributed by atoms with Gasteiger partial charge in [0.2, 0.25) is 0 Å². The van der Waals surface area contributed by atoms with Crippen LogP contribution in [0.3, 0.4) is 0 Å². The lowest BCUT2D eigenvalue weighted by Gasteiger charge is -1.90. The van der Waals surface area contributed by atoms with Crippen LogP contribution in [-0.2, 0) is 0 Å². The van der Waals surface area contributed by atoms with Crippen LogP contribution >= 0.6 is 0 Å². The molecule has 0 saturated heterocycles. The normalized spacial score (nSPS) is 10.0. The molecule has 12 heavy (non-hydrogen) atoms. The Balaban J connectivity index is 2.77. The van der Waals surface area contributed by atoms with Crippen LogP contribution in [0.4, 0.5) is 0 Å². The summed E-state index contributed by atoms with van der Waals surface area (Å²) in [6.07, 6.45) is 0. The van der Waals surface area contributed by atoms with Gasteiger partial charge < -0.3 is 4.98 Å². The minimum Gasteiger partial charge on any atom is -0.346 e. The Morgan fingerprint density at radius 2 is 2.17 bits per heavy atom. The maximum absolute atomic E-state index is 8.63. The molecule has 0 amide bonds. The first-order valence-electron chi connectivity index (χ1n) is 3.79. The van der Waals surface area contributed by atoms with Crippen LogP contribution in [0.5, 0.6) is 0 Å². The number of aryl methyl sites for hydroxylation is 1. The molecule has 1 aromatic carbocycles. The van der Waals surface area contributed by atoms with Crippen LogP contribution in [0, 0.1) is 18.3 Å². The van der Waals surface area contributed by atoms with Crippen LogP contribution < -0.4 is 0 Å². The number of benzene rings is 1. The lowest BCUT2D eigenvalue weighted by molar-refractivity contribution is 1.36. The summed E-state index contributed by atoms with van der Waals surface area (Å²) in [5.41, 5.74) is 2.86. The van der Waals surface area contributed by atoms with E-state index in [-0.39, 0.29) is 0 Å². The summed E-state index contributed by atoms with van der Waals surface area (Å²) in [6.45, 7) is 2.03. The third-order valence-corrected chi connectivity index (χ3v) is 1.90. The Labute approximate surface area is 70.4 Å². The number of fused-ring (bicyclic) bond motifs is 1. The van der Waals surface area contributed by atoms with E-state index in [0.29, 0.717) is 5.69 Å². The molecule has 0 aliphatic rings. The Hall–Kier alpha value is -1.75. The molecule has 0 bridgehead atoms. The third-order valence-electron chi connectivity index (χ3n) is 1.90. The third kappa shape index (κ3) is 0.960. The molecular formula is C10H8N2. The second kappa shape index (κ2) is 2.38. The zero-order valence-corrected chi connectivity index (χ0v) is 6.76. The predicted molar refractivity (Wildman–Crippen MR) is 47.8 cm³/mol. The summed E-state index contributed by atoms with van der Waals surface area (Å²) in [7, 11) is 0. The molecule has 1 N–H and O–H groups in total. The van der Waals surface area contributed by atoms with Gasteiger partial charge in [0.25, 0.3) is 0 Å². The summed E-state index contributed by atoms with van der Waals surface area (Å²) in [5.74, 6) is 0. The van der Waals surface area contributed by atoms with Crippen molar-refractivity contribution < 1.29 is 0 Å². The first-order valence-corrected chi connectivity index (χ1v) is 3.79. The highest BCUT2D eigenvalue weighted by Gasteiger charge is 1.98. The standard InChI is InChI=1S/C10H8N2/c1-7-2-3-8-5-9(6-11)12-10(8)4-7/h2-5,12H,1H3. The first-order chi connectivity index (χ1) is 5.79. The fourth-order valence-electron chi connectivity index (χ4n) is 1.30. The molecule has 0 unspecified atom stereocenters. The highest BCUT2D eigenvalue weighted by atomic mass is 14.7. The van der Waals surface area contributed by atoms with Crippen LogP contribution in [0.1, 0.15) is 11.3 Å². The summed E-state index contributed by atoms with van der Waals surface area (Å²) < 4.78 is 0. The molecule has 0 atom stereocenters. The second-order valence-corrected chi connectivity index (χ2v) is 2.89. The van der Waals surface area contributed by atoms with Crippen molar-refractivity contribution in [3.8, 4) is 6.07 Å². The number of hydrogen-bond donors (Lipinski definition) is 1. The summed E-state index contributed by atoms with van der Waals surface area (Å²) >= 11 is 0. The lowest BCUT2D eigenvalue weighted by atomic mass is 10.2. The molecule has 2 aromatic rings. The number of nitrogens with one attached hydrogen (secondary N) is 1. The van der Waals surface area contributed by atoms with E-state index in [1.54, 1.807) is 0 Å². The van der Waals surface area contributed by atoms with E-state index < -0.39 is 0 Å². The maximum Gasteiger partial charge on any atom is 0.118 e. The van der Waals surface area contributed by atoms with Crippen molar-refractivity contribution >= 4 is 10.9 Å². The minimum atomic E-state index is 0.621. The number of H-pyrrole nitrogens is 1. The Morgan fingerprint density at radius 1 is 1.33 bits per heavy atom. The minimum absolute atomic E-state index is 0.621. The number of nitrogens with zero attached hydrogens (tertiary/aromatic N) is 1. The fraction of sp³-hybridized carbons (Fsp3) is 0.100. The van der Waals surface area contributed by atoms with Crippen LogP contribution in [0.2, 0.25) is 0 Å². The summed E-state index contributed by atoms with van der Waals surface area (Å²) in [5, 5.41) is 9.72. The van der Waals surface area contributed by atoms with E-state index in [1.807, 2.05) is 31.2 Å². The molecule has 1 heterocycles. The van der Waals surface area contributed by atoms with Gasteiger partial charge in [-0.25, -0.2) is 0 Å². The fourth-order valence-corrected chi connectivity index (χ4v) is 1.30. The monoisotopic (exact) mass is 156 g/mol. The Morgan fingerprint density at radius 3 is 2.92 bits per heavy atom. The van der Waals surface area contributed by atoms with Crippen molar-refractivity contribution in [2.75, 3.05) is 0 Å². The predicted octanol–water partition coefficient (Wildman–Crippen LogP) is 2.35. The van der Waals surface area contributed by atoms with Gasteiger partial charge in [-0.2, -0.15) is 5.26 Å². The van der Waals surface area contributed by atoms with Crippen molar-refractivity contribution in [1.29, 1.82) is 5.26 Å². The van der Waals surface area contributed by atoms with Gasteiger partial charge in [0.1, 0.15) is 11.8 Å². The number of hydrogen-bond acceptors (Lipinski definition) is 1. The van der Waals surface area contributed by atoms with E-state index >= 15 is 0 Å². The lowest BCUT2D eigenvalue weighted by Crippen LogP contribution is -1.71. The number of nitriles is 1. The molecule has 2 nitrogen and oxygen atoms in total. The molecule has 0 aliphatic carbocycles. The van der Waals surface area contributed by atoms with Crippen LogP contribution in [-0.4, -0.2) is 4.98 Å². The van der Waals surface area contributed by atoms with E-state index in [2.05, 4.69) is 11.1 Å². The maximum atomic E-state index is 8.63. The van der Waals surface area contributed by atoms with E-state index in [9.17, 15) is 0 Å². The van der Waals surface area contributed by atoms with E-state index in [1.165, 1.54) is 5.56 Å². The van der Waals surface area contributed by atoms with E-state index in [0.717, 1.165) is 10.9 Å². The van der Waals surface area contributed by atoms with Crippen LogP contribution in [0.25, 0.3) is 10.9 Å². The molecule has 0 saturated carbocycles. The van der Waals surface area contributed by atoms with Crippen molar-refractivity contribution in [2.45, 2.75) is 6.92 Å². The van der Waals surface area contributed by atoms with Gasteiger partial charge in [-0.1, -0.05) is 12.1 Å². The largest absolute Gasteiger partial charge is 0.346 e. The van der Waals surface area contributed by atoms with Gasteiger partial charge >= 0.3 is 0 Å². The average molecular weight is 156 g/mol. The topological polar surface area (TPSA) is 39.6 Å². The van der Waals surface area contributed by atoms with Gasteiger partial charge in [0, 0.05) is 10.9 Å². The molecule has 0 spiro atoms. The average Bonchev–Trinajstić information content (AvgIpc) is 2.46. The van der Waals surface area contributed by atoms with Crippen molar-refractivity contribution in [1.82, 2.24) is 4.98 Å². The van der Waals surface area contributed by atoms with Crippen molar-refractivity contribution in [2.24, 2.45) is 0 Å². The van der Waals surface area contributed by atoms with Crippen molar-refractivity contribution in [3.05, 3.63) is 35.5 Å². The molecule has 58 valence electrons. The zero-order chi connectivity index (χ0) is 8.55. The summed E-state index contributed by atoms with van der Waals surface area (Å²) in [4.78, 5) is 3.02. The molecule has 0 radical (unpaired) electrons. The highest BCUT2D eigenvalue weighted by Crippen LogP contribution is 2.15. The van der Waals surface area contributed by atoms with Crippen molar-refractivity contribution in [3.63, 3.8) is 0 Å². The Bertz CT molecular complexity index is 460. The van der Waals surface area contributed by atoms with Gasteiger partial charge in [0.05, 0.1) is 0 Å². The van der Waals surface area contributed by atoms with Gasteiger partial charge in [-0.05, 0) is 24.6 Å².